The predicted octanol–water partition coefficient (Wildman–Crippen LogP) is 4.61. The Balaban J connectivity index is 2.32. The maximum atomic E-state index is 12.2. The van der Waals surface area contributed by atoms with Crippen molar-refractivity contribution in [3.63, 3.8) is 0 Å². The zero-order chi connectivity index (χ0) is 22.8. The number of aliphatic imine (C=N–C) groups is 1. The molecule has 7 nitrogen and oxygen atoms in total. The zero-order valence-electron chi connectivity index (χ0n) is 18.6. The summed E-state index contributed by atoms with van der Waals surface area (Å²) in [7, 11) is 1.72. The van der Waals surface area contributed by atoms with Gasteiger partial charge in [-0.15, -0.1) is 0 Å². The van der Waals surface area contributed by atoms with Crippen LogP contribution in [0.1, 0.15) is 45.6 Å². The van der Waals surface area contributed by atoms with Crippen molar-refractivity contribution in [3.05, 3.63) is 70.8 Å². The van der Waals surface area contributed by atoms with Gasteiger partial charge in [-0.25, -0.2) is 4.79 Å². The van der Waals surface area contributed by atoms with Gasteiger partial charge in [-0.1, -0.05) is 67.6 Å². The van der Waals surface area contributed by atoms with Crippen LogP contribution in [0.4, 0.5) is 0 Å². The summed E-state index contributed by atoms with van der Waals surface area (Å²) in [5, 5.41) is 3.79. The molecule has 0 aliphatic heterocycles. The molecule has 0 unspecified atom stereocenters. The first-order valence-corrected chi connectivity index (χ1v) is 10.3. The van der Waals surface area contributed by atoms with Crippen LogP contribution in [0.15, 0.2) is 69.0 Å². The van der Waals surface area contributed by atoms with Crippen LogP contribution in [0, 0.1) is 0 Å². The fraction of sp³-hybridized carbons (Fsp3) is 0.333. The Kier molecular flexibility index (Phi) is 8.94. The lowest BCUT2D eigenvalue weighted by atomic mass is 9.99. The number of allylic oxidation sites excluding steroid dienone is 3. The van der Waals surface area contributed by atoms with Crippen molar-refractivity contribution in [3.8, 4) is 11.4 Å². The predicted molar refractivity (Wildman–Crippen MR) is 125 cm³/mol. The van der Waals surface area contributed by atoms with Gasteiger partial charge in [0.1, 0.15) is 5.84 Å². The van der Waals surface area contributed by atoms with Crippen molar-refractivity contribution in [1.82, 2.24) is 15.0 Å². The SMILES string of the molecule is C=C/C(=C\C=C(/C)c1ccccc1-c1noc(=O)[nH]1)CN(C(C)=O)C(CCCC)=NC. The van der Waals surface area contributed by atoms with Gasteiger partial charge < -0.3 is 0 Å². The number of rotatable bonds is 9. The summed E-state index contributed by atoms with van der Waals surface area (Å²) >= 11 is 0. The fourth-order valence-corrected chi connectivity index (χ4v) is 3.16. The minimum absolute atomic E-state index is 0.0505. The zero-order valence-corrected chi connectivity index (χ0v) is 18.6. The number of benzene rings is 1. The average Bonchev–Trinajstić information content (AvgIpc) is 3.21. The normalized spacial score (nSPS) is 12.7. The molecule has 0 spiro atoms. The molecule has 31 heavy (non-hydrogen) atoms. The monoisotopic (exact) mass is 422 g/mol. The van der Waals surface area contributed by atoms with Crippen LogP contribution in [-0.4, -0.2) is 40.4 Å². The van der Waals surface area contributed by atoms with E-state index in [2.05, 4.69) is 33.2 Å². The lowest BCUT2D eigenvalue weighted by Crippen LogP contribution is -2.36. The molecule has 0 radical (unpaired) electrons. The molecule has 2 aromatic rings. The van der Waals surface area contributed by atoms with E-state index in [1.807, 2.05) is 43.3 Å². The van der Waals surface area contributed by atoms with Gasteiger partial charge in [-0.3, -0.25) is 24.2 Å². The van der Waals surface area contributed by atoms with Crippen molar-refractivity contribution < 1.29 is 9.32 Å². The number of H-pyrrole nitrogens is 1. The first-order chi connectivity index (χ1) is 14.9. The van der Waals surface area contributed by atoms with Gasteiger partial charge in [0.25, 0.3) is 0 Å². The number of carbonyl (C=O) groups excluding carboxylic acids is 1. The fourth-order valence-electron chi connectivity index (χ4n) is 3.16. The molecule has 1 aromatic heterocycles. The number of nitrogens with one attached hydrogen (secondary N) is 1. The van der Waals surface area contributed by atoms with E-state index in [0.717, 1.165) is 47.4 Å². The number of amides is 1. The van der Waals surface area contributed by atoms with Gasteiger partial charge in [0.2, 0.25) is 5.91 Å². The number of aromatic nitrogens is 2. The van der Waals surface area contributed by atoms with E-state index in [9.17, 15) is 9.59 Å². The molecule has 2 rings (SSSR count). The smallest absolute Gasteiger partial charge is 0.296 e. The van der Waals surface area contributed by atoms with Crippen LogP contribution in [0.25, 0.3) is 17.0 Å². The van der Waals surface area contributed by atoms with E-state index in [1.54, 1.807) is 24.9 Å². The summed E-state index contributed by atoms with van der Waals surface area (Å²) in [6.45, 7) is 9.93. The van der Waals surface area contributed by atoms with E-state index in [4.69, 9.17) is 0 Å². The third-order valence-electron chi connectivity index (χ3n) is 4.90. The molecular formula is C24H30N4O3. The van der Waals surface area contributed by atoms with Crippen molar-refractivity contribution >= 4 is 17.3 Å². The van der Waals surface area contributed by atoms with Crippen molar-refractivity contribution in [2.24, 2.45) is 4.99 Å². The van der Waals surface area contributed by atoms with E-state index in [-0.39, 0.29) is 5.91 Å². The topological polar surface area (TPSA) is 91.6 Å². The summed E-state index contributed by atoms with van der Waals surface area (Å²) < 4.78 is 4.64. The van der Waals surface area contributed by atoms with Crippen molar-refractivity contribution in [1.29, 1.82) is 0 Å². The molecule has 164 valence electrons. The Morgan fingerprint density at radius 1 is 1.29 bits per heavy atom. The summed E-state index contributed by atoms with van der Waals surface area (Å²) in [4.78, 5) is 32.2. The number of nitrogens with zero attached hydrogens (tertiary/aromatic N) is 3. The summed E-state index contributed by atoms with van der Waals surface area (Å²) in [5.74, 6) is 0.512. The van der Waals surface area contributed by atoms with Crippen LogP contribution in [-0.2, 0) is 4.79 Å². The van der Waals surface area contributed by atoms with Crippen molar-refractivity contribution in [2.45, 2.75) is 40.0 Å². The molecule has 1 heterocycles. The number of hydrogen-bond donors (Lipinski definition) is 1. The molecule has 1 N–H and O–H groups in total. The lowest BCUT2D eigenvalue weighted by molar-refractivity contribution is -0.124. The van der Waals surface area contributed by atoms with Crippen LogP contribution in [0.5, 0.6) is 0 Å². The Labute approximate surface area is 182 Å². The highest BCUT2D eigenvalue weighted by molar-refractivity contribution is 5.97. The highest BCUT2D eigenvalue weighted by Crippen LogP contribution is 2.26. The van der Waals surface area contributed by atoms with E-state index in [1.165, 1.54) is 0 Å². The van der Waals surface area contributed by atoms with Gasteiger partial charge in [0, 0.05) is 26.0 Å². The summed E-state index contributed by atoms with van der Waals surface area (Å²) in [6.07, 6.45) is 8.41. The molecule has 0 aliphatic carbocycles. The molecule has 7 heteroatoms. The number of unbranched alkanes of at least 4 members (excludes halogenated alkanes) is 1. The van der Waals surface area contributed by atoms with Crippen molar-refractivity contribution in [2.75, 3.05) is 13.6 Å². The largest absolute Gasteiger partial charge is 0.439 e. The number of aromatic amines is 1. The maximum absolute atomic E-state index is 12.2. The second-order valence-electron chi connectivity index (χ2n) is 7.13. The molecule has 0 bridgehead atoms. The van der Waals surface area contributed by atoms with Gasteiger partial charge in [0.05, 0.1) is 6.54 Å². The number of carbonyl (C=O) groups is 1. The minimum atomic E-state index is -0.596. The first-order valence-electron chi connectivity index (χ1n) is 10.3. The van der Waals surface area contributed by atoms with E-state index < -0.39 is 5.76 Å². The maximum Gasteiger partial charge on any atom is 0.439 e. The molecule has 0 fully saturated rings. The van der Waals surface area contributed by atoms with Gasteiger partial charge in [0.15, 0.2) is 5.82 Å². The van der Waals surface area contributed by atoms with Crippen LogP contribution >= 0.6 is 0 Å². The quantitative estimate of drug-likeness (QED) is 0.363. The minimum Gasteiger partial charge on any atom is -0.296 e. The second kappa shape index (κ2) is 11.6. The summed E-state index contributed by atoms with van der Waals surface area (Å²) in [6, 6.07) is 7.61. The number of amidine groups is 1. The third-order valence-corrected chi connectivity index (χ3v) is 4.90. The Bertz CT molecular complexity index is 1060. The van der Waals surface area contributed by atoms with Crippen LogP contribution in [0.3, 0.4) is 0 Å². The molecule has 0 aliphatic rings. The lowest BCUT2D eigenvalue weighted by Gasteiger charge is -2.23. The molecule has 0 saturated heterocycles. The highest BCUT2D eigenvalue weighted by Gasteiger charge is 2.16. The average molecular weight is 423 g/mol. The van der Waals surface area contributed by atoms with E-state index in [0.29, 0.717) is 12.4 Å². The standard InChI is InChI=1S/C24H30N4O3/c1-6-8-13-22(25-5)28(18(4)29)16-19(7-2)15-14-17(3)20-11-9-10-12-21(20)23-26-24(30)31-27-23/h7,9-12,14-15H,2,6,8,13,16H2,1,3-5H3,(H,26,27,30)/b17-14+,19-15+,25-22?. The first kappa shape index (κ1) is 23.8. The highest BCUT2D eigenvalue weighted by atomic mass is 16.5. The molecular weight excluding hydrogens is 392 g/mol. The Hall–Kier alpha value is -3.48. The Morgan fingerprint density at radius 3 is 2.61 bits per heavy atom. The van der Waals surface area contributed by atoms with Crippen LogP contribution < -0.4 is 5.76 Å². The van der Waals surface area contributed by atoms with Crippen LogP contribution in [0.2, 0.25) is 0 Å². The van der Waals surface area contributed by atoms with Gasteiger partial charge in [-0.2, -0.15) is 0 Å². The second-order valence-corrected chi connectivity index (χ2v) is 7.13. The summed E-state index contributed by atoms with van der Waals surface area (Å²) in [5.41, 5.74) is 3.53. The van der Waals surface area contributed by atoms with E-state index >= 15 is 0 Å². The molecule has 1 amide bonds. The van der Waals surface area contributed by atoms with Gasteiger partial charge >= 0.3 is 5.76 Å². The van der Waals surface area contributed by atoms with Gasteiger partial charge in [-0.05, 0) is 30.1 Å². The molecule has 0 atom stereocenters. The number of hydrogen-bond acceptors (Lipinski definition) is 5. The Morgan fingerprint density at radius 2 is 2.03 bits per heavy atom. The third kappa shape index (κ3) is 6.50. The molecule has 0 saturated carbocycles. The molecule has 1 aromatic carbocycles.